The van der Waals surface area contributed by atoms with Gasteiger partial charge < -0.3 is 4.74 Å². The van der Waals surface area contributed by atoms with Gasteiger partial charge in [-0.25, -0.2) is 4.39 Å². The van der Waals surface area contributed by atoms with E-state index in [-0.39, 0.29) is 5.82 Å². The third-order valence-electron chi connectivity index (χ3n) is 1.90. The Bertz CT molecular complexity index is 442. The van der Waals surface area contributed by atoms with E-state index in [1.807, 2.05) is 0 Å². The highest BCUT2D eigenvalue weighted by Crippen LogP contribution is 2.24. The first-order chi connectivity index (χ1) is 6.33. The van der Waals surface area contributed by atoms with Crippen molar-refractivity contribution < 1.29 is 9.13 Å². The lowest BCUT2D eigenvalue weighted by Crippen LogP contribution is -1.89. The number of halogens is 1. The number of nitrogens with zero attached hydrogens (tertiary/aromatic N) is 1. The summed E-state index contributed by atoms with van der Waals surface area (Å²) in [6, 6.07) is 6.33. The van der Waals surface area contributed by atoms with Gasteiger partial charge in [-0.1, -0.05) is 0 Å². The van der Waals surface area contributed by atoms with Crippen LogP contribution in [0, 0.1) is 5.82 Å². The van der Waals surface area contributed by atoms with Crippen molar-refractivity contribution in [2.24, 2.45) is 0 Å². The Morgan fingerprint density at radius 3 is 2.92 bits per heavy atom. The minimum absolute atomic E-state index is 0.274. The molecule has 66 valence electrons. The highest BCUT2D eigenvalue weighted by Gasteiger charge is 2.05. The number of pyridine rings is 1. The highest BCUT2D eigenvalue weighted by atomic mass is 19.1. The summed E-state index contributed by atoms with van der Waals surface area (Å²) >= 11 is 0. The Balaban J connectivity index is 2.84. The van der Waals surface area contributed by atoms with Gasteiger partial charge in [0.15, 0.2) is 0 Å². The van der Waals surface area contributed by atoms with Gasteiger partial charge in [-0.2, -0.15) is 0 Å². The summed E-state index contributed by atoms with van der Waals surface area (Å²) in [6.07, 6.45) is 1.62. The quantitative estimate of drug-likeness (QED) is 0.667. The third kappa shape index (κ3) is 1.22. The molecule has 2 nitrogen and oxygen atoms in total. The molecule has 0 saturated heterocycles. The van der Waals surface area contributed by atoms with Gasteiger partial charge in [-0.05, 0) is 24.3 Å². The molecule has 3 heteroatoms. The van der Waals surface area contributed by atoms with Gasteiger partial charge in [0.1, 0.15) is 17.1 Å². The monoisotopic (exact) mass is 177 g/mol. The molecule has 0 saturated carbocycles. The smallest absolute Gasteiger partial charge is 0.145 e. The van der Waals surface area contributed by atoms with Crippen molar-refractivity contribution >= 4 is 10.9 Å². The minimum atomic E-state index is -0.274. The minimum Gasteiger partial charge on any atom is -0.494 e. The molecule has 0 unspecified atom stereocenters. The predicted octanol–water partition coefficient (Wildman–Crippen LogP) is 2.38. The van der Waals surface area contributed by atoms with Gasteiger partial charge in [0.05, 0.1) is 7.11 Å². The van der Waals surface area contributed by atoms with Gasteiger partial charge in [-0.3, -0.25) is 4.98 Å². The lowest BCUT2D eigenvalue weighted by atomic mass is 10.2. The molecule has 0 radical (unpaired) electrons. The number of methoxy groups -OCH3 is 1. The largest absolute Gasteiger partial charge is 0.494 e. The fourth-order valence-corrected chi connectivity index (χ4v) is 1.28. The first-order valence-electron chi connectivity index (χ1n) is 3.90. The van der Waals surface area contributed by atoms with E-state index in [4.69, 9.17) is 4.74 Å². The van der Waals surface area contributed by atoms with Crippen LogP contribution in [0.25, 0.3) is 10.9 Å². The Hall–Kier alpha value is -1.64. The predicted molar refractivity (Wildman–Crippen MR) is 48.3 cm³/mol. The summed E-state index contributed by atoms with van der Waals surface area (Å²) in [4.78, 5) is 4.05. The maximum Gasteiger partial charge on any atom is 0.145 e. The summed E-state index contributed by atoms with van der Waals surface area (Å²) in [5, 5.41) is 0.488. The number of aromatic nitrogens is 1. The summed E-state index contributed by atoms with van der Waals surface area (Å²) in [5.74, 6) is 0.320. The van der Waals surface area contributed by atoms with Gasteiger partial charge in [0, 0.05) is 11.6 Å². The lowest BCUT2D eigenvalue weighted by molar-refractivity contribution is 0.418. The van der Waals surface area contributed by atoms with E-state index in [1.165, 1.54) is 6.07 Å². The van der Waals surface area contributed by atoms with E-state index < -0.39 is 0 Å². The molecular formula is C10H8FNO. The van der Waals surface area contributed by atoms with Crippen molar-refractivity contribution in [1.82, 2.24) is 4.98 Å². The Morgan fingerprint density at radius 2 is 2.15 bits per heavy atom. The van der Waals surface area contributed by atoms with Crippen LogP contribution in [0.2, 0.25) is 0 Å². The van der Waals surface area contributed by atoms with Crippen LogP contribution in [0.5, 0.6) is 5.75 Å². The number of benzene rings is 1. The summed E-state index contributed by atoms with van der Waals surface area (Å²) in [7, 11) is 1.54. The molecule has 2 rings (SSSR count). The number of ether oxygens (including phenoxy) is 1. The molecule has 1 aromatic carbocycles. The molecule has 0 aliphatic rings. The molecule has 0 aliphatic carbocycles. The number of hydrogen-bond acceptors (Lipinski definition) is 2. The molecule has 13 heavy (non-hydrogen) atoms. The van der Waals surface area contributed by atoms with Crippen molar-refractivity contribution in [1.29, 1.82) is 0 Å². The zero-order valence-corrected chi connectivity index (χ0v) is 7.12. The van der Waals surface area contributed by atoms with Gasteiger partial charge in [-0.15, -0.1) is 0 Å². The number of fused-ring (bicyclic) bond motifs is 1. The average molecular weight is 177 g/mol. The fourth-order valence-electron chi connectivity index (χ4n) is 1.28. The normalized spacial score (nSPS) is 10.3. The first kappa shape index (κ1) is 7.98. The second-order valence-electron chi connectivity index (χ2n) is 2.65. The Kier molecular flexibility index (Phi) is 1.85. The molecule has 1 heterocycles. The molecule has 0 N–H and O–H groups in total. The third-order valence-corrected chi connectivity index (χ3v) is 1.90. The maximum absolute atomic E-state index is 13.2. The van der Waals surface area contributed by atoms with Crippen LogP contribution in [0.1, 0.15) is 0 Å². The lowest BCUT2D eigenvalue weighted by Gasteiger charge is -2.03. The average Bonchev–Trinajstić information content (AvgIpc) is 2.19. The van der Waals surface area contributed by atoms with E-state index in [0.29, 0.717) is 16.7 Å². The first-order valence-corrected chi connectivity index (χ1v) is 3.90. The number of hydrogen-bond donors (Lipinski definition) is 0. The second-order valence-corrected chi connectivity index (χ2v) is 2.65. The zero-order valence-electron chi connectivity index (χ0n) is 7.12. The van der Waals surface area contributed by atoms with Crippen molar-refractivity contribution in [2.45, 2.75) is 0 Å². The van der Waals surface area contributed by atoms with Crippen LogP contribution in [0.15, 0.2) is 30.5 Å². The molecular weight excluding hydrogens is 169 g/mol. The van der Waals surface area contributed by atoms with Crippen molar-refractivity contribution in [3.8, 4) is 5.75 Å². The standard InChI is InChI=1S/C10H8FNO/c1-13-9-5-4-8(11)7-3-2-6-12-10(7)9/h2-6H,1H3. The summed E-state index contributed by atoms with van der Waals surface area (Å²) in [6.45, 7) is 0. The van der Waals surface area contributed by atoms with Crippen LogP contribution in [0.4, 0.5) is 4.39 Å². The van der Waals surface area contributed by atoms with Gasteiger partial charge >= 0.3 is 0 Å². The van der Waals surface area contributed by atoms with Gasteiger partial charge in [0.25, 0.3) is 0 Å². The molecule has 0 amide bonds. The van der Waals surface area contributed by atoms with Crippen LogP contribution in [-0.2, 0) is 0 Å². The molecule has 2 aromatic rings. The molecule has 0 fully saturated rings. The van der Waals surface area contributed by atoms with E-state index in [9.17, 15) is 4.39 Å². The topological polar surface area (TPSA) is 22.1 Å². The molecule has 0 aliphatic heterocycles. The SMILES string of the molecule is COc1ccc(F)c2cccnc12. The molecule has 0 spiro atoms. The van der Waals surface area contributed by atoms with Crippen molar-refractivity contribution in [3.05, 3.63) is 36.3 Å². The maximum atomic E-state index is 13.2. The highest BCUT2D eigenvalue weighted by molar-refractivity contribution is 5.84. The van der Waals surface area contributed by atoms with Crippen LogP contribution in [-0.4, -0.2) is 12.1 Å². The van der Waals surface area contributed by atoms with E-state index in [2.05, 4.69) is 4.98 Å². The molecule has 0 atom stereocenters. The summed E-state index contributed by atoms with van der Waals surface area (Å²) in [5.41, 5.74) is 0.560. The van der Waals surface area contributed by atoms with Crippen LogP contribution >= 0.6 is 0 Å². The van der Waals surface area contributed by atoms with Crippen molar-refractivity contribution in [3.63, 3.8) is 0 Å². The van der Waals surface area contributed by atoms with Crippen LogP contribution in [0.3, 0.4) is 0 Å². The van der Waals surface area contributed by atoms with Gasteiger partial charge in [0.2, 0.25) is 0 Å². The summed E-state index contributed by atoms with van der Waals surface area (Å²) < 4.78 is 18.3. The van der Waals surface area contributed by atoms with Crippen LogP contribution < -0.4 is 4.74 Å². The van der Waals surface area contributed by atoms with E-state index in [0.717, 1.165) is 0 Å². The Morgan fingerprint density at radius 1 is 1.31 bits per heavy atom. The molecule has 0 bridgehead atoms. The number of rotatable bonds is 1. The van der Waals surface area contributed by atoms with E-state index >= 15 is 0 Å². The zero-order chi connectivity index (χ0) is 9.26. The van der Waals surface area contributed by atoms with E-state index in [1.54, 1.807) is 31.5 Å². The second kappa shape index (κ2) is 3.01. The fraction of sp³-hybridized carbons (Fsp3) is 0.100. The van der Waals surface area contributed by atoms with Crippen molar-refractivity contribution in [2.75, 3.05) is 7.11 Å². The Labute approximate surface area is 75.0 Å². The molecule has 1 aromatic heterocycles.